The predicted molar refractivity (Wildman–Crippen MR) is 97.9 cm³/mol. The van der Waals surface area contributed by atoms with Gasteiger partial charge in [-0.3, -0.25) is 9.69 Å². The molecule has 1 aliphatic heterocycles. The Morgan fingerprint density at radius 3 is 2.46 bits per heavy atom. The Balaban J connectivity index is 1.45. The van der Waals surface area contributed by atoms with Gasteiger partial charge in [0.05, 0.1) is 19.8 Å². The summed E-state index contributed by atoms with van der Waals surface area (Å²) in [6, 6.07) is 9.24. The molecule has 6 heteroatoms. The highest BCUT2D eigenvalue weighted by Gasteiger charge is 2.58. The van der Waals surface area contributed by atoms with Gasteiger partial charge >= 0.3 is 6.03 Å². The molecule has 1 saturated carbocycles. The standard InChI is InChI=1S/C20H28N2O4/c1-15-7-6-8-16(2)20(15)18(23)22(19(24)21-20)11-12-25-13-14-26-17-9-4-3-5-10-17/h3-5,9-10,15-16H,6-8,11-14H2,1-2H3,(H,21,24). The van der Waals surface area contributed by atoms with E-state index < -0.39 is 5.54 Å². The minimum atomic E-state index is -0.730. The Bertz CT molecular complexity index is 624. The Labute approximate surface area is 154 Å². The van der Waals surface area contributed by atoms with Crippen molar-refractivity contribution < 1.29 is 19.1 Å². The number of para-hydroxylation sites is 1. The molecule has 1 saturated heterocycles. The predicted octanol–water partition coefficient (Wildman–Crippen LogP) is 2.83. The summed E-state index contributed by atoms with van der Waals surface area (Å²) in [7, 11) is 0. The number of urea groups is 1. The zero-order chi connectivity index (χ0) is 18.6. The largest absolute Gasteiger partial charge is 0.491 e. The lowest BCUT2D eigenvalue weighted by molar-refractivity contribution is -0.137. The number of imide groups is 1. The van der Waals surface area contributed by atoms with E-state index in [1.165, 1.54) is 4.90 Å². The van der Waals surface area contributed by atoms with Gasteiger partial charge in [-0.05, 0) is 36.8 Å². The number of carbonyl (C=O) groups excluding carboxylic acids is 2. The maximum atomic E-state index is 13.0. The van der Waals surface area contributed by atoms with E-state index in [2.05, 4.69) is 19.2 Å². The Kier molecular flexibility index (Phi) is 5.81. The number of nitrogens with zero attached hydrogens (tertiary/aromatic N) is 1. The second kappa shape index (κ2) is 8.08. The molecule has 3 amide bonds. The molecule has 0 radical (unpaired) electrons. The molecule has 26 heavy (non-hydrogen) atoms. The van der Waals surface area contributed by atoms with Crippen molar-refractivity contribution in [2.75, 3.05) is 26.4 Å². The van der Waals surface area contributed by atoms with Crippen LogP contribution in [0.15, 0.2) is 30.3 Å². The minimum absolute atomic E-state index is 0.0914. The van der Waals surface area contributed by atoms with E-state index in [4.69, 9.17) is 9.47 Å². The topological polar surface area (TPSA) is 67.9 Å². The van der Waals surface area contributed by atoms with Crippen molar-refractivity contribution in [3.05, 3.63) is 30.3 Å². The van der Waals surface area contributed by atoms with Crippen molar-refractivity contribution in [2.24, 2.45) is 11.8 Å². The second-order valence-corrected chi connectivity index (χ2v) is 7.26. The van der Waals surface area contributed by atoms with Crippen LogP contribution >= 0.6 is 0 Å². The van der Waals surface area contributed by atoms with E-state index in [1.54, 1.807) is 0 Å². The number of benzene rings is 1. The Hall–Kier alpha value is -2.08. The minimum Gasteiger partial charge on any atom is -0.491 e. The third-order valence-electron chi connectivity index (χ3n) is 5.69. The molecule has 0 aromatic heterocycles. The fourth-order valence-electron chi connectivity index (χ4n) is 4.15. The van der Waals surface area contributed by atoms with Crippen molar-refractivity contribution in [2.45, 2.75) is 38.6 Å². The lowest BCUT2D eigenvalue weighted by atomic mass is 9.67. The smallest absolute Gasteiger partial charge is 0.325 e. The Morgan fingerprint density at radius 2 is 1.77 bits per heavy atom. The van der Waals surface area contributed by atoms with Gasteiger partial charge in [0.25, 0.3) is 5.91 Å². The third-order valence-corrected chi connectivity index (χ3v) is 5.69. The molecule has 6 nitrogen and oxygen atoms in total. The van der Waals surface area contributed by atoms with Crippen LogP contribution in [-0.4, -0.2) is 48.7 Å². The summed E-state index contributed by atoms with van der Waals surface area (Å²) in [4.78, 5) is 26.7. The van der Waals surface area contributed by atoms with Crippen LogP contribution in [0, 0.1) is 11.8 Å². The Morgan fingerprint density at radius 1 is 1.08 bits per heavy atom. The first-order valence-corrected chi connectivity index (χ1v) is 9.45. The monoisotopic (exact) mass is 360 g/mol. The summed E-state index contributed by atoms with van der Waals surface area (Å²) in [5.74, 6) is 1.03. The first-order valence-electron chi connectivity index (χ1n) is 9.45. The first kappa shape index (κ1) is 18.7. The highest BCUT2D eigenvalue weighted by atomic mass is 16.5. The maximum Gasteiger partial charge on any atom is 0.325 e. The number of amides is 3. The van der Waals surface area contributed by atoms with Crippen LogP contribution < -0.4 is 10.1 Å². The molecule has 1 spiro atoms. The van der Waals surface area contributed by atoms with Crippen LogP contribution in [0.1, 0.15) is 33.1 Å². The molecule has 1 N–H and O–H groups in total. The van der Waals surface area contributed by atoms with Crippen LogP contribution in [-0.2, 0) is 9.53 Å². The van der Waals surface area contributed by atoms with Crippen LogP contribution in [0.25, 0.3) is 0 Å². The number of ether oxygens (including phenoxy) is 2. The zero-order valence-electron chi connectivity index (χ0n) is 15.6. The summed E-state index contributed by atoms with van der Waals surface area (Å²) in [5.41, 5.74) is -0.730. The number of rotatable bonds is 7. The van der Waals surface area contributed by atoms with Gasteiger partial charge in [-0.15, -0.1) is 0 Å². The van der Waals surface area contributed by atoms with Gasteiger partial charge in [-0.1, -0.05) is 38.5 Å². The van der Waals surface area contributed by atoms with Crippen molar-refractivity contribution in [1.82, 2.24) is 10.2 Å². The highest BCUT2D eigenvalue weighted by molar-refractivity contribution is 6.07. The average Bonchev–Trinajstić information content (AvgIpc) is 2.89. The molecular formula is C20H28N2O4. The lowest BCUT2D eigenvalue weighted by Crippen LogP contribution is -2.58. The molecule has 142 valence electrons. The van der Waals surface area contributed by atoms with E-state index in [0.29, 0.717) is 19.8 Å². The van der Waals surface area contributed by atoms with E-state index in [0.717, 1.165) is 25.0 Å². The lowest BCUT2D eigenvalue weighted by Gasteiger charge is -2.42. The molecule has 2 aliphatic rings. The maximum absolute atomic E-state index is 13.0. The molecular weight excluding hydrogens is 332 g/mol. The third kappa shape index (κ3) is 3.56. The highest BCUT2D eigenvalue weighted by Crippen LogP contribution is 2.42. The van der Waals surface area contributed by atoms with Gasteiger partial charge in [0.2, 0.25) is 0 Å². The molecule has 2 fully saturated rings. The molecule has 0 bridgehead atoms. The molecule has 1 aromatic carbocycles. The first-order chi connectivity index (χ1) is 12.6. The quantitative estimate of drug-likeness (QED) is 0.600. The number of hydrogen-bond donors (Lipinski definition) is 1. The van der Waals surface area contributed by atoms with Gasteiger partial charge in [0, 0.05) is 0 Å². The summed E-state index contributed by atoms with van der Waals surface area (Å²) in [5, 5.41) is 3.00. The molecule has 3 rings (SSSR count). The van der Waals surface area contributed by atoms with Crippen LogP contribution in [0.5, 0.6) is 5.75 Å². The molecule has 2 unspecified atom stereocenters. The van der Waals surface area contributed by atoms with Gasteiger partial charge in [-0.25, -0.2) is 4.79 Å². The van der Waals surface area contributed by atoms with Crippen LogP contribution in [0.3, 0.4) is 0 Å². The van der Waals surface area contributed by atoms with Gasteiger partial charge in [-0.2, -0.15) is 0 Å². The van der Waals surface area contributed by atoms with E-state index in [9.17, 15) is 9.59 Å². The zero-order valence-corrected chi connectivity index (χ0v) is 15.6. The van der Waals surface area contributed by atoms with E-state index >= 15 is 0 Å². The van der Waals surface area contributed by atoms with Gasteiger partial charge in [0.1, 0.15) is 17.9 Å². The van der Waals surface area contributed by atoms with Crippen molar-refractivity contribution in [1.29, 1.82) is 0 Å². The van der Waals surface area contributed by atoms with Crippen LogP contribution in [0.4, 0.5) is 4.79 Å². The molecule has 2 atom stereocenters. The average molecular weight is 360 g/mol. The summed E-state index contributed by atoms with van der Waals surface area (Å²) in [6.07, 6.45) is 3.05. The van der Waals surface area contributed by atoms with Crippen molar-refractivity contribution in [3.63, 3.8) is 0 Å². The van der Waals surface area contributed by atoms with Gasteiger partial charge < -0.3 is 14.8 Å². The van der Waals surface area contributed by atoms with Gasteiger partial charge in [0.15, 0.2) is 0 Å². The fraction of sp³-hybridized carbons (Fsp3) is 0.600. The summed E-state index contributed by atoms with van der Waals surface area (Å²) < 4.78 is 11.1. The van der Waals surface area contributed by atoms with Crippen molar-refractivity contribution >= 4 is 11.9 Å². The molecule has 1 aromatic rings. The summed E-state index contributed by atoms with van der Waals surface area (Å²) in [6.45, 7) is 5.57. The molecule has 1 heterocycles. The SMILES string of the molecule is CC1CCCC(C)C12NC(=O)N(CCOCCOc1ccccc1)C2=O. The fourth-order valence-corrected chi connectivity index (χ4v) is 4.15. The number of carbonyl (C=O) groups is 2. The number of hydrogen-bond acceptors (Lipinski definition) is 4. The normalized spacial score (nSPS) is 28.5. The van der Waals surface area contributed by atoms with Crippen molar-refractivity contribution in [3.8, 4) is 5.75 Å². The van der Waals surface area contributed by atoms with E-state index in [-0.39, 0.29) is 30.3 Å². The second-order valence-electron chi connectivity index (χ2n) is 7.26. The summed E-state index contributed by atoms with van der Waals surface area (Å²) >= 11 is 0. The molecule has 1 aliphatic carbocycles. The van der Waals surface area contributed by atoms with Crippen LogP contribution in [0.2, 0.25) is 0 Å². The number of nitrogens with one attached hydrogen (secondary N) is 1. The van der Waals surface area contributed by atoms with E-state index in [1.807, 2.05) is 30.3 Å².